The van der Waals surface area contributed by atoms with Gasteiger partial charge in [-0.15, -0.1) is 0 Å². The summed E-state index contributed by atoms with van der Waals surface area (Å²) < 4.78 is 4.93. The fourth-order valence-corrected chi connectivity index (χ4v) is 2.68. The SMILES string of the molecule is COCCC(=O)N1CCC(NC(=O)Cc2ccccc2)CC1. The van der Waals surface area contributed by atoms with Gasteiger partial charge < -0.3 is 15.0 Å². The summed E-state index contributed by atoms with van der Waals surface area (Å²) in [5.41, 5.74) is 1.02. The van der Waals surface area contributed by atoms with E-state index in [9.17, 15) is 9.59 Å². The van der Waals surface area contributed by atoms with Crippen LogP contribution in [0.15, 0.2) is 30.3 Å². The van der Waals surface area contributed by atoms with Crippen LogP contribution in [-0.2, 0) is 20.7 Å². The average Bonchev–Trinajstić information content (AvgIpc) is 2.54. The Labute approximate surface area is 131 Å². The highest BCUT2D eigenvalue weighted by Crippen LogP contribution is 2.12. The topological polar surface area (TPSA) is 58.6 Å². The number of nitrogens with one attached hydrogen (secondary N) is 1. The van der Waals surface area contributed by atoms with Crippen LogP contribution in [-0.4, -0.2) is 49.6 Å². The number of amides is 2. The highest BCUT2D eigenvalue weighted by molar-refractivity contribution is 5.79. The van der Waals surface area contributed by atoms with Crippen molar-refractivity contribution in [2.45, 2.75) is 31.7 Å². The summed E-state index contributed by atoms with van der Waals surface area (Å²) in [7, 11) is 1.60. The van der Waals surface area contributed by atoms with E-state index in [1.54, 1.807) is 7.11 Å². The number of nitrogens with zero attached hydrogens (tertiary/aromatic N) is 1. The second kappa shape index (κ2) is 8.54. The summed E-state index contributed by atoms with van der Waals surface area (Å²) in [5.74, 6) is 0.186. The number of carbonyl (C=O) groups excluding carboxylic acids is 2. The molecule has 5 nitrogen and oxygen atoms in total. The number of hydrogen-bond acceptors (Lipinski definition) is 3. The second-order valence-electron chi connectivity index (χ2n) is 5.63. The fraction of sp³-hybridized carbons (Fsp3) is 0.529. The predicted molar refractivity (Wildman–Crippen MR) is 84.4 cm³/mol. The highest BCUT2D eigenvalue weighted by atomic mass is 16.5. The van der Waals surface area contributed by atoms with Crippen LogP contribution >= 0.6 is 0 Å². The Morgan fingerprint density at radius 3 is 2.55 bits per heavy atom. The standard InChI is InChI=1S/C17H24N2O3/c1-22-12-9-17(21)19-10-7-15(8-11-19)18-16(20)13-14-5-3-2-4-6-14/h2-6,15H,7-13H2,1H3,(H,18,20). The van der Waals surface area contributed by atoms with Crippen molar-refractivity contribution in [3.63, 3.8) is 0 Å². The second-order valence-corrected chi connectivity index (χ2v) is 5.63. The maximum Gasteiger partial charge on any atom is 0.224 e. The van der Waals surface area contributed by atoms with Crippen molar-refractivity contribution in [3.05, 3.63) is 35.9 Å². The molecule has 0 unspecified atom stereocenters. The van der Waals surface area contributed by atoms with Gasteiger partial charge in [0.1, 0.15) is 0 Å². The first-order valence-electron chi connectivity index (χ1n) is 7.79. The van der Waals surface area contributed by atoms with E-state index in [1.165, 1.54) is 0 Å². The molecule has 0 radical (unpaired) electrons. The smallest absolute Gasteiger partial charge is 0.224 e. The Hall–Kier alpha value is -1.88. The molecule has 22 heavy (non-hydrogen) atoms. The van der Waals surface area contributed by atoms with Crippen molar-refractivity contribution in [1.29, 1.82) is 0 Å². The molecule has 0 saturated carbocycles. The highest BCUT2D eigenvalue weighted by Gasteiger charge is 2.23. The zero-order valence-corrected chi connectivity index (χ0v) is 13.1. The van der Waals surface area contributed by atoms with Crippen LogP contribution in [0.5, 0.6) is 0 Å². The maximum absolute atomic E-state index is 12.0. The summed E-state index contributed by atoms with van der Waals surface area (Å²) in [6.07, 6.45) is 2.48. The molecule has 1 aliphatic rings. The number of methoxy groups -OCH3 is 1. The van der Waals surface area contributed by atoms with Crippen molar-refractivity contribution >= 4 is 11.8 Å². The van der Waals surface area contributed by atoms with Crippen LogP contribution in [0.2, 0.25) is 0 Å². The minimum atomic E-state index is 0.0513. The molecular formula is C17H24N2O3. The molecule has 1 heterocycles. The number of likely N-dealkylation sites (tertiary alicyclic amines) is 1. The lowest BCUT2D eigenvalue weighted by atomic mass is 10.0. The predicted octanol–water partition coefficient (Wildman–Crippen LogP) is 1.37. The van der Waals surface area contributed by atoms with E-state index < -0.39 is 0 Å². The van der Waals surface area contributed by atoms with Gasteiger partial charge in [0.15, 0.2) is 0 Å². The van der Waals surface area contributed by atoms with Crippen LogP contribution in [0.25, 0.3) is 0 Å². The van der Waals surface area contributed by atoms with E-state index in [4.69, 9.17) is 4.74 Å². The third-order valence-corrected chi connectivity index (χ3v) is 3.94. The fourth-order valence-electron chi connectivity index (χ4n) is 2.68. The van der Waals surface area contributed by atoms with Gasteiger partial charge in [-0.2, -0.15) is 0 Å². The molecule has 0 aliphatic carbocycles. The normalized spacial score (nSPS) is 15.6. The molecule has 0 aromatic heterocycles. The molecule has 5 heteroatoms. The van der Waals surface area contributed by atoms with Gasteiger partial charge >= 0.3 is 0 Å². The zero-order chi connectivity index (χ0) is 15.8. The quantitative estimate of drug-likeness (QED) is 0.863. The summed E-state index contributed by atoms with van der Waals surface area (Å²) in [6.45, 7) is 1.88. The van der Waals surface area contributed by atoms with Gasteiger partial charge in [-0.3, -0.25) is 9.59 Å². The van der Waals surface area contributed by atoms with Crippen LogP contribution in [0.1, 0.15) is 24.8 Å². The summed E-state index contributed by atoms with van der Waals surface area (Å²) in [5, 5.41) is 3.07. The van der Waals surface area contributed by atoms with E-state index in [1.807, 2.05) is 35.2 Å². The number of piperidine rings is 1. The van der Waals surface area contributed by atoms with Gasteiger partial charge in [0.05, 0.1) is 19.4 Å². The molecule has 0 spiro atoms. The Morgan fingerprint density at radius 2 is 1.91 bits per heavy atom. The Morgan fingerprint density at radius 1 is 1.23 bits per heavy atom. The van der Waals surface area contributed by atoms with Gasteiger partial charge in [0.25, 0.3) is 0 Å². The molecule has 1 fully saturated rings. The molecule has 120 valence electrons. The lowest BCUT2D eigenvalue weighted by Crippen LogP contribution is -2.47. The van der Waals surface area contributed by atoms with Crippen molar-refractivity contribution in [2.24, 2.45) is 0 Å². The van der Waals surface area contributed by atoms with Crippen LogP contribution in [0, 0.1) is 0 Å². The largest absolute Gasteiger partial charge is 0.384 e. The first kappa shape index (κ1) is 16.5. The Balaban J connectivity index is 1.71. The van der Waals surface area contributed by atoms with Crippen molar-refractivity contribution in [1.82, 2.24) is 10.2 Å². The maximum atomic E-state index is 12.0. The molecule has 0 bridgehead atoms. The van der Waals surface area contributed by atoms with Crippen LogP contribution in [0.4, 0.5) is 0 Å². The van der Waals surface area contributed by atoms with E-state index >= 15 is 0 Å². The lowest BCUT2D eigenvalue weighted by molar-refractivity contribution is -0.133. The van der Waals surface area contributed by atoms with E-state index in [0.29, 0.717) is 32.5 Å². The monoisotopic (exact) mass is 304 g/mol. The molecule has 1 aromatic carbocycles. The summed E-state index contributed by atoms with van der Waals surface area (Å²) >= 11 is 0. The minimum absolute atomic E-state index is 0.0513. The Kier molecular flexibility index (Phi) is 6.40. The Bertz CT molecular complexity index is 482. The van der Waals surface area contributed by atoms with Gasteiger partial charge in [-0.05, 0) is 18.4 Å². The molecule has 0 atom stereocenters. The van der Waals surface area contributed by atoms with Crippen molar-refractivity contribution < 1.29 is 14.3 Å². The minimum Gasteiger partial charge on any atom is -0.384 e. The number of benzene rings is 1. The first-order chi connectivity index (χ1) is 10.7. The van der Waals surface area contributed by atoms with Crippen molar-refractivity contribution in [3.8, 4) is 0 Å². The number of rotatable bonds is 6. The number of carbonyl (C=O) groups is 2. The molecule has 2 rings (SSSR count). The molecule has 2 amide bonds. The van der Waals surface area contributed by atoms with E-state index in [0.717, 1.165) is 18.4 Å². The molecule has 1 saturated heterocycles. The molecule has 1 N–H and O–H groups in total. The third-order valence-electron chi connectivity index (χ3n) is 3.94. The van der Waals surface area contributed by atoms with E-state index in [-0.39, 0.29) is 17.9 Å². The molecule has 1 aromatic rings. The summed E-state index contributed by atoms with van der Waals surface area (Å²) in [6, 6.07) is 9.90. The van der Waals surface area contributed by atoms with Gasteiger partial charge in [0.2, 0.25) is 11.8 Å². The zero-order valence-electron chi connectivity index (χ0n) is 13.1. The van der Waals surface area contributed by atoms with Crippen molar-refractivity contribution in [2.75, 3.05) is 26.8 Å². The first-order valence-corrected chi connectivity index (χ1v) is 7.79. The molecule has 1 aliphatic heterocycles. The van der Waals surface area contributed by atoms with Gasteiger partial charge in [-0.1, -0.05) is 30.3 Å². The van der Waals surface area contributed by atoms with Crippen LogP contribution in [0.3, 0.4) is 0 Å². The van der Waals surface area contributed by atoms with Gasteiger partial charge in [-0.25, -0.2) is 0 Å². The van der Waals surface area contributed by atoms with Gasteiger partial charge in [0, 0.05) is 26.2 Å². The average molecular weight is 304 g/mol. The van der Waals surface area contributed by atoms with E-state index in [2.05, 4.69) is 5.32 Å². The number of ether oxygens (including phenoxy) is 1. The lowest BCUT2D eigenvalue weighted by Gasteiger charge is -2.32. The summed E-state index contributed by atoms with van der Waals surface area (Å²) in [4.78, 5) is 25.8. The third kappa shape index (κ3) is 5.15. The number of hydrogen-bond donors (Lipinski definition) is 1. The van der Waals surface area contributed by atoms with Crippen LogP contribution < -0.4 is 5.32 Å². The molecular weight excluding hydrogens is 280 g/mol.